The standard InChI is InChI=1S/C11H12N4/c1-3-9-5-4-6-10(7-9)11-14-12-8(2)13-15-11/h4-7H,3H2,1-2H3. The number of rotatable bonds is 2. The Morgan fingerprint density at radius 1 is 1.07 bits per heavy atom. The van der Waals surface area contributed by atoms with E-state index in [4.69, 9.17) is 0 Å². The lowest BCUT2D eigenvalue weighted by Crippen LogP contribution is -1.98. The fourth-order valence-electron chi connectivity index (χ4n) is 1.33. The van der Waals surface area contributed by atoms with Gasteiger partial charge in [-0.1, -0.05) is 25.1 Å². The normalized spacial score (nSPS) is 10.3. The average Bonchev–Trinajstić information content (AvgIpc) is 2.30. The summed E-state index contributed by atoms with van der Waals surface area (Å²) in [5, 5.41) is 15.8. The molecule has 4 heteroatoms. The van der Waals surface area contributed by atoms with Crippen molar-refractivity contribution in [2.45, 2.75) is 20.3 Å². The van der Waals surface area contributed by atoms with E-state index in [1.54, 1.807) is 6.92 Å². The first-order valence-corrected chi connectivity index (χ1v) is 4.93. The predicted molar refractivity (Wildman–Crippen MR) is 57.2 cm³/mol. The molecule has 0 fully saturated rings. The van der Waals surface area contributed by atoms with Crippen molar-refractivity contribution < 1.29 is 0 Å². The first kappa shape index (κ1) is 9.71. The molecule has 0 N–H and O–H groups in total. The van der Waals surface area contributed by atoms with Gasteiger partial charge in [0.25, 0.3) is 0 Å². The molecule has 0 spiro atoms. The van der Waals surface area contributed by atoms with Crippen molar-refractivity contribution in [2.75, 3.05) is 0 Å². The minimum atomic E-state index is 0.580. The van der Waals surface area contributed by atoms with Crippen molar-refractivity contribution in [1.82, 2.24) is 20.4 Å². The molecule has 4 nitrogen and oxygen atoms in total. The number of aryl methyl sites for hydroxylation is 2. The maximum absolute atomic E-state index is 4.00. The quantitative estimate of drug-likeness (QED) is 0.741. The van der Waals surface area contributed by atoms with Gasteiger partial charge in [-0.05, 0) is 25.0 Å². The van der Waals surface area contributed by atoms with E-state index in [0.717, 1.165) is 12.0 Å². The number of aromatic nitrogens is 4. The maximum Gasteiger partial charge on any atom is 0.203 e. The summed E-state index contributed by atoms with van der Waals surface area (Å²) in [5.41, 5.74) is 2.23. The van der Waals surface area contributed by atoms with Gasteiger partial charge in [0.1, 0.15) is 0 Å². The summed E-state index contributed by atoms with van der Waals surface area (Å²) in [6.07, 6.45) is 1.00. The summed E-state index contributed by atoms with van der Waals surface area (Å²) in [4.78, 5) is 0. The first-order valence-electron chi connectivity index (χ1n) is 4.93. The number of benzene rings is 1. The maximum atomic E-state index is 4.00. The molecule has 0 radical (unpaired) electrons. The van der Waals surface area contributed by atoms with Crippen LogP contribution < -0.4 is 0 Å². The Morgan fingerprint density at radius 2 is 1.80 bits per heavy atom. The molecule has 0 saturated heterocycles. The van der Waals surface area contributed by atoms with Gasteiger partial charge in [0.15, 0.2) is 5.82 Å². The molecule has 1 aromatic carbocycles. The van der Waals surface area contributed by atoms with Gasteiger partial charge in [-0.2, -0.15) is 0 Å². The molecular weight excluding hydrogens is 188 g/mol. The summed E-state index contributed by atoms with van der Waals surface area (Å²) in [5.74, 6) is 1.17. The molecule has 15 heavy (non-hydrogen) atoms. The van der Waals surface area contributed by atoms with Crippen molar-refractivity contribution in [3.8, 4) is 11.4 Å². The van der Waals surface area contributed by atoms with Gasteiger partial charge in [-0.3, -0.25) is 0 Å². The van der Waals surface area contributed by atoms with E-state index in [0.29, 0.717) is 11.6 Å². The molecule has 0 aliphatic carbocycles. The second-order valence-corrected chi connectivity index (χ2v) is 3.32. The zero-order valence-electron chi connectivity index (χ0n) is 8.81. The van der Waals surface area contributed by atoms with Crippen molar-refractivity contribution in [2.24, 2.45) is 0 Å². The van der Waals surface area contributed by atoms with Crippen LogP contribution in [-0.2, 0) is 6.42 Å². The van der Waals surface area contributed by atoms with Crippen molar-refractivity contribution in [3.05, 3.63) is 35.7 Å². The van der Waals surface area contributed by atoms with Crippen LogP contribution in [0.3, 0.4) is 0 Å². The number of nitrogens with zero attached hydrogens (tertiary/aromatic N) is 4. The molecular formula is C11H12N4. The Hall–Kier alpha value is -1.84. The molecule has 2 rings (SSSR count). The second-order valence-electron chi connectivity index (χ2n) is 3.32. The van der Waals surface area contributed by atoms with Gasteiger partial charge in [-0.15, -0.1) is 20.4 Å². The minimum Gasteiger partial charge on any atom is -0.131 e. The Morgan fingerprint density at radius 3 is 2.47 bits per heavy atom. The van der Waals surface area contributed by atoms with Crippen LogP contribution in [0, 0.1) is 6.92 Å². The van der Waals surface area contributed by atoms with Gasteiger partial charge in [0.05, 0.1) is 0 Å². The highest BCUT2D eigenvalue weighted by Crippen LogP contribution is 2.14. The highest BCUT2D eigenvalue weighted by atomic mass is 15.3. The lowest BCUT2D eigenvalue weighted by Gasteiger charge is -2.00. The Labute approximate surface area is 88.4 Å². The van der Waals surface area contributed by atoms with E-state index in [1.807, 2.05) is 12.1 Å². The topological polar surface area (TPSA) is 51.6 Å². The molecule has 0 unspecified atom stereocenters. The lowest BCUT2D eigenvalue weighted by atomic mass is 10.1. The molecule has 1 aromatic heterocycles. The van der Waals surface area contributed by atoms with Crippen LogP contribution in [0.15, 0.2) is 24.3 Å². The van der Waals surface area contributed by atoms with E-state index in [9.17, 15) is 0 Å². The minimum absolute atomic E-state index is 0.580. The fraction of sp³-hybridized carbons (Fsp3) is 0.273. The molecule has 0 bridgehead atoms. The molecule has 1 heterocycles. The van der Waals surface area contributed by atoms with Crippen LogP contribution in [0.25, 0.3) is 11.4 Å². The molecule has 0 aliphatic rings. The van der Waals surface area contributed by atoms with Gasteiger partial charge in [0.2, 0.25) is 5.82 Å². The molecule has 0 atom stereocenters. The highest BCUT2D eigenvalue weighted by molar-refractivity contribution is 5.54. The second kappa shape index (κ2) is 4.13. The van der Waals surface area contributed by atoms with Gasteiger partial charge in [0, 0.05) is 5.56 Å². The van der Waals surface area contributed by atoms with E-state index in [1.165, 1.54) is 5.56 Å². The van der Waals surface area contributed by atoms with Crippen LogP contribution in [0.5, 0.6) is 0 Å². The van der Waals surface area contributed by atoms with Crippen LogP contribution in [0.2, 0.25) is 0 Å². The van der Waals surface area contributed by atoms with E-state index >= 15 is 0 Å². The third kappa shape index (κ3) is 2.15. The summed E-state index contributed by atoms with van der Waals surface area (Å²) in [6.45, 7) is 3.89. The molecule has 2 aromatic rings. The largest absolute Gasteiger partial charge is 0.203 e. The van der Waals surface area contributed by atoms with Crippen molar-refractivity contribution in [1.29, 1.82) is 0 Å². The van der Waals surface area contributed by atoms with Gasteiger partial charge >= 0.3 is 0 Å². The van der Waals surface area contributed by atoms with Crippen molar-refractivity contribution in [3.63, 3.8) is 0 Å². The van der Waals surface area contributed by atoms with E-state index in [2.05, 4.69) is 39.5 Å². The SMILES string of the molecule is CCc1cccc(-c2nnc(C)nn2)c1. The monoisotopic (exact) mass is 200 g/mol. The number of hydrogen-bond acceptors (Lipinski definition) is 4. The number of hydrogen-bond donors (Lipinski definition) is 0. The van der Waals surface area contributed by atoms with Crippen LogP contribution in [0.4, 0.5) is 0 Å². The fourth-order valence-corrected chi connectivity index (χ4v) is 1.33. The zero-order chi connectivity index (χ0) is 10.7. The molecule has 0 saturated carbocycles. The third-order valence-corrected chi connectivity index (χ3v) is 2.17. The van der Waals surface area contributed by atoms with Crippen LogP contribution in [-0.4, -0.2) is 20.4 Å². The van der Waals surface area contributed by atoms with Crippen molar-refractivity contribution >= 4 is 0 Å². The summed E-state index contributed by atoms with van der Waals surface area (Å²) in [6, 6.07) is 8.11. The van der Waals surface area contributed by atoms with Crippen LogP contribution >= 0.6 is 0 Å². The Bertz CT molecular complexity index is 450. The van der Waals surface area contributed by atoms with Gasteiger partial charge in [-0.25, -0.2) is 0 Å². The Balaban J connectivity index is 2.40. The smallest absolute Gasteiger partial charge is 0.131 e. The van der Waals surface area contributed by atoms with E-state index < -0.39 is 0 Å². The van der Waals surface area contributed by atoms with Gasteiger partial charge < -0.3 is 0 Å². The highest BCUT2D eigenvalue weighted by Gasteiger charge is 2.02. The average molecular weight is 200 g/mol. The lowest BCUT2D eigenvalue weighted by molar-refractivity contribution is 0.816. The molecule has 0 aliphatic heterocycles. The van der Waals surface area contributed by atoms with E-state index in [-0.39, 0.29) is 0 Å². The summed E-state index contributed by atoms with van der Waals surface area (Å²) < 4.78 is 0. The predicted octanol–water partition coefficient (Wildman–Crippen LogP) is 1.80. The third-order valence-electron chi connectivity index (χ3n) is 2.17. The Kier molecular flexibility index (Phi) is 2.67. The molecule has 0 amide bonds. The first-order chi connectivity index (χ1) is 7.29. The molecule has 76 valence electrons. The van der Waals surface area contributed by atoms with Crippen LogP contribution in [0.1, 0.15) is 18.3 Å². The zero-order valence-corrected chi connectivity index (χ0v) is 8.81. The summed E-state index contributed by atoms with van der Waals surface area (Å²) in [7, 11) is 0. The summed E-state index contributed by atoms with van der Waals surface area (Å²) >= 11 is 0.